The van der Waals surface area contributed by atoms with Gasteiger partial charge in [-0.05, 0) is 48.5 Å². The molecule has 6 nitrogen and oxygen atoms in total. The quantitative estimate of drug-likeness (QED) is 0.302. The summed E-state index contributed by atoms with van der Waals surface area (Å²) in [4.78, 5) is 28.1. The Kier molecular flexibility index (Phi) is 5.75. The number of benzene rings is 3. The van der Waals surface area contributed by atoms with Gasteiger partial charge in [-0.25, -0.2) is 4.39 Å². The Morgan fingerprint density at radius 3 is 2.60 bits per heavy atom. The molecule has 4 aromatic rings. The molecule has 0 bridgehead atoms. The van der Waals surface area contributed by atoms with Crippen molar-refractivity contribution < 1.29 is 28.2 Å². The summed E-state index contributed by atoms with van der Waals surface area (Å²) in [6.45, 7) is 0. The Balaban J connectivity index is 1.70. The summed E-state index contributed by atoms with van der Waals surface area (Å²) in [6.07, 6.45) is 0. The van der Waals surface area contributed by atoms with Crippen LogP contribution in [0.15, 0.2) is 82.5 Å². The number of aliphatic hydroxyl groups excluding tert-OH is 1. The number of methoxy groups -OCH3 is 1. The van der Waals surface area contributed by atoms with Gasteiger partial charge in [-0.2, -0.15) is 0 Å². The molecule has 176 valence electrons. The Bertz CT molecular complexity index is 1540. The van der Waals surface area contributed by atoms with Gasteiger partial charge in [0.1, 0.15) is 17.1 Å². The molecule has 0 saturated heterocycles. The molecule has 0 aliphatic carbocycles. The van der Waals surface area contributed by atoms with E-state index in [2.05, 4.69) is 0 Å². The number of ether oxygens (including phenoxy) is 1. The number of amides is 1. The third kappa shape index (κ3) is 3.83. The van der Waals surface area contributed by atoms with Crippen molar-refractivity contribution in [2.75, 3.05) is 12.0 Å². The third-order valence-corrected chi connectivity index (χ3v) is 6.29. The monoisotopic (exact) mass is 511 g/mol. The number of hydrogen-bond acceptors (Lipinski definition) is 5. The molecule has 1 N–H and O–H groups in total. The van der Waals surface area contributed by atoms with Crippen molar-refractivity contribution in [2.45, 2.75) is 6.04 Å². The first-order valence-corrected chi connectivity index (χ1v) is 11.1. The summed E-state index contributed by atoms with van der Waals surface area (Å²) in [5.41, 5.74) is 0.807. The number of para-hydroxylation sites is 1. The topological polar surface area (TPSA) is 80.0 Å². The van der Waals surface area contributed by atoms with Crippen molar-refractivity contribution in [3.8, 4) is 5.75 Å². The van der Waals surface area contributed by atoms with E-state index < -0.39 is 29.3 Å². The first kappa shape index (κ1) is 23.0. The van der Waals surface area contributed by atoms with Crippen LogP contribution in [0.4, 0.5) is 10.1 Å². The maximum Gasteiger partial charge on any atom is 0.294 e. The van der Waals surface area contributed by atoms with E-state index in [0.717, 1.165) is 6.07 Å². The predicted molar refractivity (Wildman–Crippen MR) is 130 cm³/mol. The zero-order valence-electron chi connectivity index (χ0n) is 18.1. The highest BCUT2D eigenvalue weighted by Crippen LogP contribution is 2.45. The summed E-state index contributed by atoms with van der Waals surface area (Å²) in [7, 11) is 1.45. The van der Waals surface area contributed by atoms with Gasteiger partial charge in [0, 0.05) is 21.7 Å². The molecule has 0 spiro atoms. The highest BCUT2D eigenvalue weighted by Gasteiger charge is 2.46. The number of carbonyl (C=O) groups excluding carboxylic acids is 2. The van der Waals surface area contributed by atoms with Crippen LogP contribution < -0.4 is 9.64 Å². The van der Waals surface area contributed by atoms with Crippen LogP contribution in [0, 0.1) is 5.82 Å². The van der Waals surface area contributed by atoms with Gasteiger partial charge in [0.25, 0.3) is 5.91 Å². The maximum absolute atomic E-state index is 13.9. The average molecular weight is 512 g/mol. The normalized spacial score (nSPS) is 15.8. The fraction of sp³-hybridized carbons (Fsp3) is 0.0769. The summed E-state index contributed by atoms with van der Waals surface area (Å²) >= 11 is 12.0. The molecule has 35 heavy (non-hydrogen) atoms. The molecular weight excluding hydrogens is 496 g/mol. The Hall–Kier alpha value is -3.81. The van der Waals surface area contributed by atoms with E-state index in [9.17, 15) is 19.1 Å². The van der Waals surface area contributed by atoms with Crippen LogP contribution in [0.1, 0.15) is 22.2 Å². The molecular formula is C26H16Cl2FNO5. The van der Waals surface area contributed by atoms with Gasteiger partial charge in [0.2, 0.25) is 5.78 Å². The van der Waals surface area contributed by atoms with E-state index in [1.54, 1.807) is 42.5 Å². The molecule has 0 radical (unpaired) electrons. The largest absolute Gasteiger partial charge is 0.503 e. The minimum atomic E-state index is -1.11. The van der Waals surface area contributed by atoms with E-state index in [-0.39, 0.29) is 22.0 Å². The molecule has 5 rings (SSSR count). The molecule has 3 aromatic carbocycles. The van der Waals surface area contributed by atoms with E-state index >= 15 is 0 Å². The second-order valence-corrected chi connectivity index (χ2v) is 8.65. The molecule has 2 heterocycles. The second-order valence-electron chi connectivity index (χ2n) is 7.80. The number of rotatable bonds is 5. The van der Waals surface area contributed by atoms with Crippen molar-refractivity contribution in [1.29, 1.82) is 0 Å². The third-order valence-electron chi connectivity index (χ3n) is 5.77. The minimum absolute atomic E-state index is 0.0875. The number of hydrogen-bond donors (Lipinski definition) is 1. The molecule has 1 atom stereocenters. The van der Waals surface area contributed by atoms with Crippen molar-refractivity contribution in [3.63, 3.8) is 0 Å². The number of aliphatic hydroxyl groups is 1. The van der Waals surface area contributed by atoms with E-state index in [4.69, 9.17) is 32.4 Å². The van der Waals surface area contributed by atoms with Gasteiger partial charge in [-0.15, -0.1) is 0 Å². The fourth-order valence-electron chi connectivity index (χ4n) is 4.18. The fourth-order valence-corrected chi connectivity index (χ4v) is 4.54. The zero-order valence-corrected chi connectivity index (χ0v) is 19.6. The minimum Gasteiger partial charge on any atom is -0.503 e. The van der Waals surface area contributed by atoms with Crippen LogP contribution in [0.5, 0.6) is 5.75 Å². The molecule has 1 aliphatic heterocycles. The van der Waals surface area contributed by atoms with Crippen molar-refractivity contribution in [1.82, 2.24) is 0 Å². The number of carbonyl (C=O) groups is 2. The van der Waals surface area contributed by atoms with E-state index in [1.165, 1.54) is 30.2 Å². The first-order chi connectivity index (χ1) is 16.8. The van der Waals surface area contributed by atoms with Crippen LogP contribution in [-0.4, -0.2) is 23.9 Å². The zero-order chi connectivity index (χ0) is 24.9. The van der Waals surface area contributed by atoms with Gasteiger partial charge in [-0.1, -0.05) is 41.4 Å². The second kappa shape index (κ2) is 8.76. The number of Topliss-reactive ketones (excluding diaryl/α,β-unsaturated/α-hetero) is 1. The van der Waals surface area contributed by atoms with Gasteiger partial charge >= 0.3 is 0 Å². The van der Waals surface area contributed by atoms with Crippen LogP contribution in [-0.2, 0) is 4.79 Å². The summed E-state index contributed by atoms with van der Waals surface area (Å²) in [5.74, 6) is -2.70. The lowest BCUT2D eigenvalue weighted by Crippen LogP contribution is -2.31. The Morgan fingerprint density at radius 2 is 1.86 bits per heavy atom. The molecule has 1 unspecified atom stereocenters. The molecule has 0 fully saturated rings. The number of halogens is 3. The van der Waals surface area contributed by atoms with Crippen molar-refractivity contribution >= 4 is 51.5 Å². The molecule has 9 heteroatoms. The number of fused-ring (bicyclic) bond motifs is 1. The molecule has 1 amide bonds. The van der Waals surface area contributed by atoms with Crippen LogP contribution in [0.3, 0.4) is 0 Å². The highest BCUT2D eigenvalue weighted by atomic mass is 35.5. The number of ketones is 1. The van der Waals surface area contributed by atoms with Crippen molar-refractivity contribution in [3.05, 3.63) is 105 Å². The van der Waals surface area contributed by atoms with Gasteiger partial charge in [0.15, 0.2) is 11.5 Å². The molecule has 0 saturated carbocycles. The maximum atomic E-state index is 13.9. The summed E-state index contributed by atoms with van der Waals surface area (Å²) < 4.78 is 25.0. The van der Waals surface area contributed by atoms with Crippen LogP contribution >= 0.6 is 23.2 Å². The summed E-state index contributed by atoms with van der Waals surface area (Å²) in [5, 5.41) is 11.7. The number of nitrogens with zero attached hydrogens (tertiary/aromatic N) is 1. The summed E-state index contributed by atoms with van der Waals surface area (Å²) in [6, 6.07) is 15.7. The molecule has 1 aliphatic rings. The SMILES string of the molecule is COc1ccccc1C1C(C(=O)c2cc3cc(Cl)ccc3o2)=C(O)C(=O)N1c1ccc(F)c(Cl)c1. The Labute approximate surface area is 208 Å². The first-order valence-electron chi connectivity index (χ1n) is 10.4. The highest BCUT2D eigenvalue weighted by molar-refractivity contribution is 6.31. The van der Waals surface area contributed by atoms with Crippen LogP contribution in [0.25, 0.3) is 11.0 Å². The van der Waals surface area contributed by atoms with Gasteiger partial charge < -0.3 is 14.3 Å². The lowest BCUT2D eigenvalue weighted by atomic mass is 9.94. The number of anilines is 1. The van der Waals surface area contributed by atoms with Gasteiger partial charge in [0.05, 0.1) is 23.7 Å². The smallest absolute Gasteiger partial charge is 0.294 e. The average Bonchev–Trinajstić information content (AvgIpc) is 3.39. The van der Waals surface area contributed by atoms with Crippen LogP contribution in [0.2, 0.25) is 10.0 Å². The van der Waals surface area contributed by atoms with Crippen molar-refractivity contribution in [2.24, 2.45) is 0 Å². The Morgan fingerprint density at radius 1 is 1.09 bits per heavy atom. The number of furan rings is 1. The standard InChI is InChI=1S/C26H16Cl2FNO5/c1-34-20-5-3-2-4-16(20)23-22(24(31)21-11-13-10-14(27)6-9-19(13)35-21)25(32)26(33)30(23)15-7-8-18(29)17(28)12-15/h2-12,23,32H,1H3. The predicted octanol–water partition coefficient (Wildman–Crippen LogP) is 6.67. The lowest BCUT2D eigenvalue weighted by molar-refractivity contribution is -0.117. The molecule has 1 aromatic heterocycles. The van der Waals surface area contributed by atoms with E-state index in [0.29, 0.717) is 27.3 Å². The lowest BCUT2D eigenvalue weighted by Gasteiger charge is -2.28. The van der Waals surface area contributed by atoms with Gasteiger partial charge in [-0.3, -0.25) is 14.5 Å². The van der Waals surface area contributed by atoms with E-state index in [1.807, 2.05) is 0 Å².